The molecule has 1 amide bonds. The number of nitrogens with zero attached hydrogens (tertiary/aromatic N) is 3. The van der Waals surface area contributed by atoms with E-state index < -0.39 is 0 Å². The van der Waals surface area contributed by atoms with Crippen molar-refractivity contribution in [1.29, 1.82) is 5.26 Å². The smallest absolute Gasteiger partial charge is 0.242 e. The van der Waals surface area contributed by atoms with Crippen LogP contribution in [-0.2, 0) is 4.79 Å². The van der Waals surface area contributed by atoms with Crippen molar-refractivity contribution >= 4 is 11.6 Å². The zero-order valence-corrected chi connectivity index (χ0v) is 16.1. The lowest BCUT2D eigenvalue weighted by molar-refractivity contribution is -0.126. The van der Waals surface area contributed by atoms with Gasteiger partial charge in [0, 0.05) is 32.2 Å². The van der Waals surface area contributed by atoms with E-state index in [0.717, 1.165) is 56.7 Å². The van der Waals surface area contributed by atoms with Crippen molar-refractivity contribution in [3.63, 3.8) is 0 Å². The Morgan fingerprint density at radius 1 is 1.00 bits per heavy atom. The number of nitrogens with one attached hydrogen (secondary N) is 1. The van der Waals surface area contributed by atoms with Crippen LogP contribution < -0.4 is 10.2 Å². The molecule has 1 heterocycles. The van der Waals surface area contributed by atoms with Crippen LogP contribution in [0.25, 0.3) is 0 Å². The number of nitriles is 1. The molecule has 1 aliphatic heterocycles. The van der Waals surface area contributed by atoms with E-state index in [4.69, 9.17) is 0 Å². The quantitative estimate of drug-likeness (QED) is 0.874. The maximum atomic E-state index is 13.0. The highest BCUT2D eigenvalue weighted by atomic mass is 16.2. The maximum Gasteiger partial charge on any atom is 0.242 e. The standard InChI is InChI=1S/C23H26N4O/c24-17-19-9-4-5-10-21(19)26-13-6-14-27(16-15-26)22(18-7-2-1-3-8-18)23(28)25-20-11-12-20/h1-5,7-10,20,22H,6,11-16H2,(H,25,28). The van der Waals surface area contributed by atoms with Crippen LogP contribution in [-0.4, -0.2) is 43.0 Å². The zero-order chi connectivity index (χ0) is 19.3. The summed E-state index contributed by atoms with van der Waals surface area (Å²) in [5.41, 5.74) is 2.75. The minimum absolute atomic E-state index is 0.111. The number of hydrogen-bond donors (Lipinski definition) is 1. The van der Waals surface area contributed by atoms with E-state index in [1.807, 2.05) is 54.6 Å². The number of carbonyl (C=O) groups excluding carboxylic acids is 1. The predicted molar refractivity (Wildman–Crippen MR) is 110 cm³/mol. The molecule has 2 aromatic carbocycles. The third-order valence-corrected chi connectivity index (χ3v) is 5.55. The molecule has 4 rings (SSSR count). The number of hydrogen-bond acceptors (Lipinski definition) is 4. The predicted octanol–water partition coefficient (Wildman–Crippen LogP) is 3.09. The van der Waals surface area contributed by atoms with E-state index in [9.17, 15) is 10.1 Å². The Labute approximate surface area is 166 Å². The van der Waals surface area contributed by atoms with Gasteiger partial charge in [-0.15, -0.1) is 0 Å². The molecule has 0 aromatic heterocycles. The summed E-state index contributed by atoms with van der Waals surface area (Å²) in [4.78, 5) is 17.6. The highest BCUT2D eigenvalue weighted by Gasteiger charge is 2.33. The third kappa shape index (κ3) is 4.18. The van der Waals surface area contributed by atoms with Crippen LogP contribution in [0.2, 0.25) is 0 Å². The molecule has 1 aliphatic carbocycles. The summed E-state index contributed by atoms with van der Waals surface area (Å²) in [6.07, 6.45) is 3.14. The van der Waals surface area contributed by atoms with Gasteiger partial charge in [-0.25, -0.2) is 0 Å². The molecule has 0 radical (unpaired) electrons. The summed E-state index contributed by atoms with van der Waals surface area (Å²) in [7, 11) is 0. The van der Waals surface area contributed by atoms with Crippen LogP contribution in [0.4, 0.5) is 5.69 Å². The first-order valence-corrected chi connectivity index (χ1v) is 10.1. The van der Waals surface area contributed by atoms with Gasteiger partial charge in [-0.05, 0) is 37.0 Å². The first-order valence-electron chi connectivity index (χ1n) is 10.1. The molecule has 5 heteroatoms. The molecule has 2 aliphatic rings. The van der Waals surface area contributed by atoms with Gasteiger partial charge < -0.3 is 10.2 Å². The highest BCUT2D eigenvalue weighted by Crippen LogP contribution is 2.27. The Bertz CT molecular complexity index is 856. The van der Waals surface area contributed by atoms with E-state index in [1.54, 1.807) is 0 Å². The molecular formula is C23H26N4O. The number of anilines is 1. The van der Waals surface area contributed by atoms with Gasteiger partial charge in [0.05, 0.1) is 11.3 Å². The first kappa shape index (κ1) is 18.5. The molecule has 1 unspecified atom stereocenters. The van der Waals surface area contributed by atoms with E-state index >= 15 is 0 Å². The molecule has 1 saturated carbocycles. The Morgan fingerprint density at radius 3 is 2.50 bits per heavy atom. The SMILES string of the molecule is N#Cc1ccccc1N1CCCN(C(C(=O)NC2CC2)c2ccccc2)CC1. The lowest BCUT2D eigenvalue weighted by Crippen LogP contribution is -2.43. The lowest BCUT2D eigenvalue weighted by Gasteiger charge is -2.30. The molecular weight excluding hydrogens is 348 g/mol. The van der Waals surface area contributed by atoms with E-state index in [-0.39, 0.29) is 11.9 Å². The van der Waals surface area contributed by atoms with E-state index in [1.165, 1.54) is 0 Å². The van der Waals surface area contributed by atoms with Crippen LogP contribution in [0, 0.1) is 11.3 Å². The largest absolute Gasteiger partial charge is 0.369 e. The van der Waals surface area contributed by atoms with Gasteiger partial charge in [0.1, 0.15) is 12.1 Å². The highest BCUT2D eigenvalue weighted by molar-refractivity contribution is 5.83. The number of amides is 1. The summed E-state index contributed by atoms with van der Waals surface area (Å²) < 4.78 is 0. The van der Waals surface area contributed by atoms with Crippen molar-refractivity contribution in [1.82, 2.24) is 10.2 Å². The Balaban J connectivity index is 1.53. The summed E-state index contributed by atoms with van der Waals surface area (Å²) in [6, 6.07) is 20.2. The summed E-state index contributed by atoms with van der Waals surface area (Å²) in [5.74, 6) is 0.111. The van der Waals surface area contributed by atoms with Crippen molar-refractivity contribution in [2.24, 2.45) is 0 Å². The molecule has 2 fully saturated rings. The van der Waals surface area contributed by atoms with E-state index in [0.29, 0.717) is 11.6 Å². The Morgan fingerprint density at radius 2 is 1.75 bits per heavy atom. The summed E-state index contributed by atoms with van der Waals surface area (Å²) >= 11 is 0. The molecule has 144 valence electrons. The van der Waals surface area contributed by atoms with Gasteiger partial charge in [-0.2, -0.15) is 5.26 Å². The van der Waals surface area contributed by atoms with Crippen molar-refractivity contribution in [3.8, 4) is 6.07 Å². The monoisotopic (exact) mass is 374 g/mol. The van der Waals surface area contributed by atoms with Gasteiger partial charge in [0.25, 0.3) is 0 Å². The topological polar surface area (TPSA) is 59.4 Å². The van der Waals surface area contributed by atoms with Gasteiger partial charge in [0.2, 0.25) is 5.91 Å². The first-order chi connectivity index (χ1) is 13.8. The van der Waals surface area contributed by atoms with Gasteiger partial charge >= 0.3 is 0 Å². The molecule has 1 atom stereocenters. The second-order valence-electron chi connectivity index (χ2n) is 7.60. The number of rotatable bonds is 5. The zero-order valence-electron chi connectivity index (χ0n) is 16.1. The molecule has 28 heavy (non-hydrogen) atoms. The van der Waals surface area contributed by atoms with Crippen LogP contribution in [0.1, 0.15) is 36.4 Å². The average Bonchev–Trinajstić information content (AvgIpc) is 3.56. The van der Waals surface area contributed by atoms with E-state index in [2.05, 4.69) is 21.2 Å². The normalized spacial score (nSPS) is 18.8. The van der Waals surface area contributed by atoms with Crippen LogP contribution in [0.5, 0.6) is 0 Å². The van der Waals surface area contributed by atoms with Gasteiger partial charge in [-0.1, -0.05) is 42.5 Å². The minimum atomic E-state index is -0.257. The summed E-state index contributed by atoms with van der Waals surface area (Å²) in [5, 5.41) is 12.6. The lowest BCUT2D eigenvalue weighted by atomic mass is 10.0. The van der Waals surface area contributed by atoms with Crippen LogP contribution in [0.3, 0.4) is 0 Å². The minimum Gasteiger partial charge on any atom is -0.369 e. The molecule has 1 N–H and O–H groups in total. The fourth-order valence-electron chi connectivity index (χ4n) is 3.95. The number of para-hydroxylation sites is 1. The van der Waals surface area contributed by atoms with Crippen molar-refractivity contribution in [3.05, 3.63) is 65.7 Å². The molecule has 5 nitrogen and oxygen atoms in total. The molecule has 0 bridgehead atoms. The van der Waals surface area contributed by atoms with Crippen molar-refractivity contribution in [2.45, 2.75) is 31.3 Å². The molecule has 2 aromatic rings. The average molecular weight is 374 g/mol. The van der Waals surface area contributed by atoms with Gasteiger partial charge in [-0.3, -0.25) is 9.69 Å². The second kappa shape index (κ2) is 8.45. The summed E-state index contributed by atoms with van der Waals surface area (Å²) in [6.45, 7) is 3.35. The molecule has 1 saturated heterocycles. The fraction of sp³-hybridized carbons (Fsp3) is 0.391. The van der Waals surface area contributed by atoms with Crippen molar-refractivity contribution in [2.75, 3.05) is 31.1 Å². The van der Waals surface area contributed by atoms with Crippen molar-refractivity contribution < 1.29 is 4.79 Å². The fourth-order valence-corrected chi connectivity index (χ4v) is 3.95. The second-order valence-corrected chi connectivity index (χ2v) is 7.60. The van der Waals surface area contributed by atoms with Gasteiger partial charge in [0.15, 0.2) is 0 Å². The van der Waals surface area contributed by atoms with Crippen LogP contribution in [0.15, 0.2) is 54.6 Å². The number of carbonyl (C=O) groups is 1. The molecule has 0 spiro atoms. The Kier molecular flexibility index (Phi) is 5.59. The Hall–Kier alpha value is -2.84. The number of benzene rings is 2. The third-order valence-electron chi connectivity index (χ3n) is 5.55. The maximum absolute atomic E-state index is 13.0. The van der Waals surface area contributed by atoms with Crippen LogP contribution >= 0.6 is 0 Å².